The maximum Gasteiger partial charge on any atom is 0.331 e. The first-order chi connectivity index (χ1) is 9.40. The van der Waals surface area contributed by atoms with Gasteiger partial charge in [0.2, 0.25) is 5.91 Å². The molecule has 1 aromatic carbocycles. The summed E-state index contributed by atoms with van der Waals surface area (Å²) in [6.07, 6.45) is 1.43. The van der Waals surface area contributed by atoms with Crippen molar-refractivity contribution < 1.29 is 4.79 Å². The van der Waals surface area contributed by atoms with Gasteiger partial charge in [-0.15, -0.1) is 0 Å². The Morgan fingerprint density at radius 3 is 2.55 bits per heavy atom. The highest BCUT2D eigenvalue weighted by molar-refractivity contribution is 5.93. The number of primary amides is 1. The van der Waals surface area contributed by atoms with Gasteiger partial charge in [-0.1, -0.05) is 6.07 Å². The Hall–Kier alpha value is -2.63. The summed E-state index contributed by atoms with van der Waals surface area (Å²) in [6.45, 7) is 1.97. The van der Waals surface area contributed by atoms with Crippen LogP contribution >= 0.6 is 0 Å². The van der Waals surface area contributed by atoms with E-state index in [-0.39, 0.29) is 17.8 Å². The van der Waals surface area contributed by atoms with Crippen molar-refractivity contribution in [2.24, 2.45) is 12.8 Å². The van der Waals surface area contributed by atoms with Gasteiger partial charge in [0.1, 0.15) is 0 Å². The zero-order valence-corrected chi connectivity index (χ0v) is 11.3. The molecule has 0 aliphatic heterocycles. The third-order valence-electron chi connectivity index (χ3n) is 3.19. The monoisotopic (exact) mass is 273 g/mol. The molecular weight excluding hydrogens is 258 g/mol. The Bertz CT molecular complexity index is 787. The van der Waals surface area contributed by atoms with Crippen LogP contribution in [-0.4, -0.2) is 15.0 Å². The Labute approximate surface area is 115 Å². The van der Waals surface area contributed by atoms with Gasteiger partial charge in [-0.3, -0.25) is 14.2 Å². The molecule has 0 bridgehead atoms. The van der Waals surface area contributed by atoms with Crippen LogP contribution in [0, 0.1) is 6.92 Å². The lowest BCUT2D eigenvalue weighted by molar-refractivity contribution is 0.1000. The molecular formula is C14H15N3O3. The van der Waals surface area contributed by atoms with Crippen molar-refractivity contribution in [3.8, 4) is 0 Å². The highest BCUT2D eigenvalue weighted by atomic mass is 16.2. The third-order valence-corrected chi connectivity index (χ3v) is 3.19. The standard InChI is InChI=1S/C14H15N3O3/c1-9-7-10(13(15)19)3-4-11(9)8-17-12(18)5-6-16(2)14(17)20/h3-7H,8H2,1-2H3,(H2,15,19). The number of aromatic nitrogens is 2. The largest absolute Gasteiger partial charge is 0.366 e. The minimum absolute atomic E-state index is 0.164. The fraction of sp³-hybridized carbons (Fsp3) is 0.214. The summed E-state index contributed by atoms with van der Waals surface area (Å²) in [5.41, 5.74) is 6.47. The van der Waals surface area contributed by atoms with E-state index in [2.05, 4.69) is 0 Å². The zero-order valence-electron chi connectivity index (χ0n) is 11.3. The highest BCUT2D eigenvalue weighted by Gasteiger charge is 2.08. The lowest BCUT2D eigenvalue weighted by Crippen LogP contribution is -2.38. The molecule has 0 aliphatic rings. The van der Waals surface area contributed by atoms with Gasteiger partial charge in [0.05, 0.1) is 6.54 Å². The van der Waals surface area contributed by atoms with Crippen LogP contribution in [0.2, 0.25) is 0 Å². The zero-order chi connectivity index (χ0) is 14.9. The first-order valence-corrected chi connectivity index (χ1v) is 6.06. The lowest BCUT2D eigenvalue weighted by atomic mass is 10.0. The van der Waals surface area contributed by atoms with Crippen LogP contribution in [0.3, 0.4) is 0 Å². The second kappa shape index (κ2) is 5.16. The van der Waals surface area contributed by atoms with E-state index >= 15 is 0 Å². The van der Waals surface area contributed by atoms with Crippen LogP contribution in [0.1, 0.15) is 21.5 Å². The van der Waals surface area contributed by atoms with Gasteiger partial charge in [-0.25, -0.2) is 4.79 Å². The van der Waals surface area contributed by atoms with Crippen molar-refractivity contribution in [1.29, 1.82) is 0 Å². The second-order valence-corrected chi connectivity index (χ2v) is 4.64. The molecule has 0 saturated heterocycles. The molecule has 2 rings (SSSR count). The van der Waals surface area contributed by atoms with Crippen LogP contribution in [0.4, 0.5) is 0 Å². The van der Waals surface area contributed by atoms with Crippen LogP contribution in [0.5, 0.6) is 0 Å². The topological polar surface area (TPSA) is 87.1 Å². The maximum atomic E-state index is 11.9. The molecule has 6 heteroatoms. The van der Waals surface area contributed by atoms with Crippen LogP contribution in [-0.2, 0) is 13.6 Å². The number of carbonyl (C=O) groups excluding carboxylic acids is 1. The molecule has 0 fully saturated rings. The molecule has 0 saturated carbocycles. The molecule has 0 spiro atoms. The maximum absolute atomic E-state index is 11.9. The van der Waals surface area contributed by atoms with E-state index in [9.17, 15) is 14.4 Å². The van der Waals surface area contributed by atoms with Crippen molar-refractivity contribution in [2.75, 3.05) is 0 Å². The van der Waals surface area contributed by atoms with Gasteiger partial charge in [0.15, 0.2) is 0 Å². The van der Waals surface area contributed by atoms with Gasteiger partial charge in [0, 0.05) is 24.9 Å². The molecule has 1 aromatic heterocycles. The van der Waals surface area contributed by atoms with E-state index < -0.39 is 5.91 Å². The first-order valence-electron chi connectivity index (χ1n) is 6.06. The Kier molecular flexibility index (Phi) is 3.56. The molecule has 0 aliphatic carbocycles. The average molecular weight is 273 g/mol. The molecule has 104 valence electrons. The van der Waals surface area contributed by atoms with E-state index in [1.165, 1.54) is 16.8 Å². The van der Waals surface area contributed by atoms with Gasteiger partial charge in [0.25, 0.3) is 5.56 Å². The number of rotatable bonds is 3. The minimum atomic E-state index is -0.507. The number of nitrogens with zero attached hydrogens (tertiary/aromatic N) is 2. The smallest absolute Gasteiger partial charge is 0.331 e. The molecule has 1 amide bonds. The number of amides is 1. The number of carbonyl (C=O) groups is 1. The Balaban J connectivity index is 2.46. The van der Waals surface area contributed by atoms with Gasteiger partial charge >= 0.3 is 5.69 Å². The van der Waals surface area contributed by atoms with E-state index in [0.29, 0.717) is 5.56 Å². The summed E-state index contributed by atoms with van der Waals surface area (Å²) in [5.74, 6) is -0.507. The molecule has 0 unspecified atom stereocenters. The molecule has 20 heavy (non-hydrogen) atoms. The van der Waals surface area contributed by atoms with Crippen molar-refractivity contribution in [3.63, 3.8) is 0 Å². The number of hydrogen-bond acceptors (Lipinski definition) is 3. The summed E-state index contributed by atoms with van der Waals surface area (Å²) in [5, 5.41) is 0. The molecule has 2 aromatic rings. The molecule has 1 heterocycles. The first kappa shape index (κ1) is 13.8. The highest BCUT2D eigenvalue weighted by Crippen LogP contribution is 2.11. The summed E-state index contributed by atoms with van der Waals surface area (Å²) in [6, 6.07) is 6.28. The van der Waals surface area contributed by atoms with Crippen LogP contribution in [0.25, 0.3) is 0 Å². The summed E-state index contributed by atoms with van der Waals surface area (Å²) in [4.78, 5) is 34.8. The van der Waals surface area contributed by atoms with E-state index in [0.717, 1.165) is 15.7 Å². The van der Waals surface area contributed by atoms with E-state index in [1.54, 1.807) is 32.2 Å². The van der Waals surface area contributed by atoms with Crippen molar-refractivity contribution >= 4 is 5.91 Å². The van der Waals surface area contributed by atoms with Gasteiger partial charge < -0.3 is 10.3 Å². The van der Waals surface area contributed by atoms with Crippen LogP contribution in [0.15, 0.2) is 40.1 Å². The number of hydrogen-bond donors (Lipinski definition) is 1. The lowest BCUT2D eigenvalue weighted by Gasteiger charge is -2.10. The van der Waals surface area contributed by atoms with E-state index in [1.807, 2.05) is 0 Å². The molecule has 2 N–H and O–H groups in total. The Morgan fingerprint density at radius 1 is 1.25 bits per heavy atom. The SMILES string of the molecule is Cc1cc(C(N)=O)ccc1Cn1c(=O)ccn(C)c1=O. The number of nitrogens with two attached hydrogens (primary N) is 1. The molecule has 0 atom stereocenters. The average Bonchev–Trinajstić information content (AvgIpc) is 2.40. The van der Waals surface area contributed by atoms with Crippen molar-refractivity contribution in [1.82, 2.24) is 9.13 Å². The summed E-state index contributed by atoms with van der Waals surface area (Å²) >= 11 is 0. The van der Waals surface area contributed by atoms with Crippen molar-refractivity contribution in [2.45, 2.75) is 13.5 Å². The normalized spacial score (nSPS) is 10.5. The van der Waals surface area contributed by atoms with Gasteiger partial charge in [-0.2, -0.15) is 0 Å². The number of aryl methyl sites for hydroxylation is 2. The summed E-state index contributed by atoms with van der Waals surface area (Å²) < 4.78 is 2.49. The molecule has 0 radical (unpaired) electrons. The number of benzene rings is 1. The van der Waals surface area contributed by atoms with E-state index in [4.69, 9.17) is 5.73 Å². The minimum Gasteiger partial charge on any atom is -0.366 e. The predicted octanol–water partition coefficient (Wildman–Crippen LogP) is 0.00262. The Morgan fingerprint density at radius 2 is 1.95 bits per heavy atom. The fourth-order valence-electron chi connectivity index (χ4n) is 1.96. The van der Waals surface area contributed by atoms with Gasteiger partial charge in [-0.05, 0) is 30.2 Å². The quantitative estimate of drug-likeness (QED) is 0.854. The second-order valence-electron chi connectivity index (χ2n) is 4.64. The van der Waals surface area contributed by atoms with Crippen molar-refractivity contribution in [3.05, 3.63) is 68.0 Å². The summed E-state index contributed by atoms with van der Waals surface area (Å²) in [7, 11) is 1.58. The fourth-order valence-corrected chi connectivity index (χ4v) is 1.96. The van der Waals surface area contributed by atoms with Crippen LogP contribution < -0.4 is 17.0 Å². The third kappa shape index (κ3) is 2.54. The molecule has 6 nitrogen and oxygen atoms in total. The predicted molar refractivity (Wildman–Crippen MR) is 74.7 cm³/mol.